The molecule has 0 radical (unpaired) electrons. The maximum atomic E-state index is 13.1. The number of hydrogen-bond acceptors (Lipinski definition) is 3. The summed E-state index contributed by atoms with van der Waals surface area (Å²) in [5.41, 5.74) is 1.88. The van der Waals surface area contributed by atoms with E-state index in [1.165, 1.54) is 18.9 Å². The Labute approximate surface area is 128 Å². The van der Waals surface area contributed by atoms with E-state index in [9.17, 15) is 4.39 Å². The average molecular weight is 306 g/mol. The number of anilines is 2. The fourth-order valence-corrected chi connectivity index (χ4v) is 2.68. The highest BCUT2D eigenvalue weighted by Crippen LogP contribution is 2.20. The van der Waals surface area contributed by atoms with Crippen molar-refractivity contribution in [1.82, 2.24) is 4.98 Å². The fourth-order valence-electron chi connectivity index (χ4n) is 2.48. The molecule has 1 aliphatic heterocycles. The van der Waals surface area contributed by atoms with Gasteiger partial charge in [-0.2, -0.15) is 0 Å². The van der Waals surface area contributed by atoms with Crippen LogP contribution in [0, 0.1) is 5.82 Å². The molecule has 21 heavy (non-hydrogen) atoms. The quantitative estimate of drug-likeness (QED) is 0.922. The van der Waals surface area contributed by atoms with Gasteiger partial charge in [-0.15, -0.1) is 0 Å². The monoisotopic (exact) mass is 305 g/mol. The third-order valence-electron chi connectivity index (χ3n) is 3.66. The van der Waals surface area contributed by atoms with Gasteiger partial charge in [0.15, 0.2) is 0 Å². The van der Waals surface area contributed by atoms with Gasteiger partial charge in [0, 0.05) is 19.6 Å². The van der Waals surface area contributed by atoms with Crippen LogP contribution in [0.25, 0.3) is 0 Å². The fraction of sp³-hybridized carbons (Fsp3) is 0.312. The average Bonchev–Trinajstić information content (AvgIpc) is 3.03. The smallest absolute Gasteiger partial charge is 0.141 e. The first-order chi connectivity index (χ1) is 10.2. The Hall–Kier alpha value is -1.81. The minimum absolute atomic E-state index is 0.150. The molecule has 0 bridgehead atoms. The summed E-state index contributed by atoms with van der Waals surface area (Å²) in [6.45, 7) is 2.77. The first kappa shape index (κ1) is 14.1. The highest BCUT2D eigenvalue weighted by Gasteiger charge is 2.12. The zero-order chi connectivity index (χ0) is 14.7. The van der Waals surface area contributed by atoms with Crippen LogP contribution in [0.4, 0.5) is 15.9 Å². The molecule has 0 aliphatic carbocycles. The summed E-state index contributed by atoms with van der Waals surface area (Å²) in [6.07, 6.45) is 4.32. The normalized spacial score (nSPS) is 14.5. The SMILES string of the molecule is Fc1ccc(CNc2ccc(N3CCCC3)nc2)cc1Cl. The molecular formula is C16H17ClFN3. The first-order valence-corrected chi connectivity index (χ1v) is 7.49. The van der Waals surface area contributed by atoms with Gasteiger partial charge >= 0.3 is 0 Å². The lowest BCUT2D eigenvalue weighted by Gasteiger charge is -2.16. The predicted molar refractivity (Wildman–Crippen MR) is 84.4 cm³/mol. The van der Waals surface area contributed by atoms with Crippen LogP contribution in [-0.2, 0) is 6.54 Å². The number of pyridine rings is 1. The molecule has 0 spiro atoms. The summed E-state index contributed by atoms with van der Waals surface area (Å²) in [6, 6.07) is 8.79. The van der Waals surface area contributed by atoms with E-state index in [2.05, 4.69) is 15.2 Å². The molecule has 0 unspecified atom stereocenters. The highest BCUT2D eigenvalue weighted by atomic mass is 35.5. The lowest BCUT2D eigenvalue weighted by molar-refractivity contribution is 0.627. The number of hydrogen-bond donors (Lipinski definition) is 1. The zero-order valence-corrected chi connectivity index (χ0v) is 12.4. The molecule has 0 saturated carbocycles. The molecule has 3 rings (SSSR count). The van der Waals surface area contributed by atoms with Gasteiger partial charge in [-0.25, -0.2) is 9.37 Å². The van der Waals surface area contributed by atoms with Crippen molar-refractivity contribution < 1.29 is 4.39 Å². The predicted octanol–water partition coefficient (Wildman–Crippen LogP) is 4.09. The zero-order valence-electron chi connectivity index (χ0n) is 11.6. The van der Waals surface area contributed by atoms with Crippen LogP contribution < -0.4 is 10.2 Å². The minimum atomic E-state index is -0.392. The Kier molecular flexibility index (Phi) is 4.25. The van der Waals surface area contributed by atoms with Crippen molar-refractivity contribution in [3.63, 3.8) is 0 Å². The number of benzene rings is 1. The summed E-state index contributed by atoms with van der Waals surface area (Å²) in [4.78, 5) is 6.78. The van der Waals surface area contributed by atoms with E-state index in [-0.39, 0.29) is 5.02 Å². The molecule has 0 amide bonds. The van der Waals surface area contributed by atoms with Crippen LogP contribution in [0.15, 0.2) is 36.5 Å². The molecule has 2 aromatic rings. The van der Waals surface area contributed by atoms with Crippen LogP contribution in [0.3, 0.4) is 0 Å². The van der Waals surface area contributed by atoms with Gasteiger partial charge in [-0.05, 0) is 42.7 Å². The van der Waals surface area contributed by atoms with Gasteiger partial charge in [0.25, 0.3) is 0 Å². The number of rotatable bonds is 4. The molecule has 1 aromatic carbocycles. The van der Waals surface area contributed by atoms with E-state index in [0.717, 1.165) is 30.2 Å². The van der Waals surface area contributed by atoms with Crippen molar-refractivity contribution in [1.29, 1.82) is 0 Å². The molecule has 1 N–H and O–H groups in total. The van der Waals surface area contributed by atoms with Crippen molar-refractivity contribution in [3.05, 3.63) is 52.9 Å². The number of aromatic nitrogens is 1. The molecule has 1 saturated heterocycles. The second kappa shape index (κ2) is 6.31. The Balaban J connectivity index is 1.61. The van der Waals surface area contributed by atoms with Crippen LogP contribution in [0.5, 0.6) is 0 Å². The van der Waals surface area contributed by atoms with Crippen molar-refractivity contribution in [2.45, 2.75) is 19.4 Å². The molecule has 1 fully saturated rings. The van der Waals surface area contributed by atoms with E-state index in [4.69, 9.17) is 11.6 Å². The molecule has 2 heterocycles. The number of nitrogens with one attached hydrogen (secondary N) is 1. The second-order valence-electron chi connectivity index (χ2n) is 5.20. The van der Waals surface area contributed by atoms with Gasteiger partial charge < -0.3 is 10.2 Å². The van der Waals surface area contributed by atoms with Crippen molar-refractivity contribution >= 4 is 23.1 Å². The Morgan fingerprint density at radius 2 is 2.00 bits per heavy atom. The third kappa shape index (κ3) is 3.45. The summed E-state index contributed by atoms with van der Waals surface area (Å²) in [5, 5.41) is 3.41. The molecular weight excluding hydrogens is 289 g/mol. The second-order valence-corrected chi connectivity index (χ2v) is 5.61. The Morgan fingerprint density at radius 1 is 1.19 bits per heavy atom. The number of halogens is 2. The summed E-state index contributed by atoms with van der Waals surface area (Å²) in [7, 11) is 0. The third-order valence-corrected chi connectivity index (χ3v) is 3.95. The molecule has 1 aliphatic rings. The van der Waals surface area contributed by atoms with E-state index in [0.29, 0.717) is 6.54 Å². The van der Waals surface area contributed by atoms with Gasteiger partial charge in [0.05, 0.1) is 16.9 Å². The van der Waals surface area contributed by atoms with Crippen LogP contribution in [0.2, 0.25) is 5.02 Å². The molecule has 5 heteroatoms. The molecule has 1 aromatic heterocycles. The highest BCUT2D eigenvalue weighted by molar-refractivity contribution is 6.30. The lowest BCUT2D eigenvalue weighted by Crippen LogP contribution is -2.18. The van der Waals surface area contributed by atoms with Crippen molar-refractivity contribution in [3.8, 4) is 0 Å². The van der Waals surface area contributed by atoms with Crippen molar-refractivity contribution in [2.24, 2.45) is 0 Å². The van der Waals surface area contributed by atoms with Gasteiger partial charge in [0.2, 0.25) is 0 Å². The summed E-state index contributed by atoms with van der Waals surface area (Å²) < 4.78 is 13.1. The van der Waals surface area contributed by atoms with E-state index < -0.39 is 5.82 Å². The van der Waals surface area contributed by atoms with Crippen LogP contribution in [-0.4, -0.2) is 18.1 Å². The standard InChI is InChI=1S/C16H17ClFN3/c17-14-9-12(3-5-15(14)18)10-19-13-4-6-16(20-11-13)21-7-1-2-8-21/h3-6,9,11,19H,1-2,7-8,10H2. The van der Waals surface area contributed by atoms with Gasteiger partial charge in [-0.1, -0.05) is 17.7 Å². The maximum absolute atomic E-state index is 13.1. The maximum Gasteiger partial charge on any atom is 0.141 e. The Bertz CT molecular complexity index is 609. The lowest BCUT2D eigenvalue weighted by atomic mass is 10.2. The minimum Gasteiger partial charge on any atom is -0.380 e. The van der Waals surface area contributed by atoms with E-state index >= 15 is 0 Å². The van der Waals surface area contributed by atoms with E-state index in [1.54, 1.807) is 12.1 Å². The molecule has 110 valence electrons. The molecule has 0 atom stereocenters. The first-order valence-electron chi connectivity index (χ1n) is 7.11. The Morgan fingerprint density at radius 3 is 2.67 bits per heavy atom. The summed E-state index contributed by atoms with van der Waals surface area (Å²) >= 11 is 5.77. The topological polar surface area (TPSA) is 28.2 Å². The van der Waals surface area contributed by atoms with Crippen molar-refractivity contribution in [2.75, 3.05) is 23.3 Å². The number of nitrogens with zero attached hydrogens (tertiary/aromatic N) is 2. The van der Waals surface area contributed by atoms with Crippen LogP contribution in [0.1, 0.15) is 18.4 Å². The van der Waals surface area contributed by atoms with E-state index in [1.807, 2.05) is 18.3 Å². The van der Waals surface area contributed by atoms with Gasteiger partial charge in [0.1, 0.15) is 11.6 Å². The largest absolute Gasteiger partial charge is 0.380 e. The van der Waals surface area contributed by atoms with Crippen LogP contribution >= 0.6 is 11.6 Å². The van der Waals surface area contributed by atoms with Gasteiger partial charge in [-0.3, -0.25) is 0 Å². The molecule has 3 nitrogen and oxygen atoms in total. The summed E-state index contributed by atoms with van der Waals surface area (Å²) in [5.74, 6) is 0.639.